The average Bonchev–Trinajstić information content (AvgIpc) is 2.99. The first kappa shape index (κ1) is 29.4. The molecule has 220 valence electrons. The monoisotopic (exact) mass is 591 g/mol. The Morgan fingerprint density at radius 1 is 1.07 bits per heavy atom. The second-order valence-corrected chi connectivity index (χ2v) is 11.0. The molecule has 5 rings (SSSR count). The Kier molecular flexibility index (Phi) is 9.29. The second kappa shape index (κ2) is 13.3. The summed E-state index contributed by atoms with van der Waals surface area (Å²) < 4.78 is 17.8. The first-order valence-electron chi connectivity index (χ1n) is 14.0. The van der Waals surface area contributed by atoms with E-state index < -0.39 is 6.04 Å². The van der Waals surface area contributed by atoms with Gasteiger partial charge in [0.15, 0.2) is 0 Å². The number of benzene rings is 3. The average molecular weight is 592 g/mol. The molecule has 1 saturated heterocycles. The van der Waals surface area contributed by atoms with Gasteiger partial charge in [-0.1, -0.05) is 35.4 Å². The van der Waals surface area contributed by atoms with E-state index in [0.29, 0.717) is 59.3 Å². The summed E-state index contributed by atoms with van der Waals surface area (Å²) in [6, 6.07) is 17.4. The number of likely N-dealkylation sites (tertiary alicyclic amines) is 1. The van der Waals surface area contributed by atoms with E-state index in [9.17, 15) is 14.4 Å². The quantitative estimate of drug-likeness (QED) is 0.440. The topological polar surface area (TPSA) is 106 Å². The van der Waals surface area contributed by atoms with Crippen molar-refractivity contribution in [1.82, 2.24) is 15.5 Å². The van der Waals surface area contributed by atoms with E-state index in [1.54, 1.807) is 35.2 Å². The molecule has 2 aliphatic heterocycles. The predicted molar refractivity (Wildman–Crippen MR) is 158 cm³/mol. The number of hydrogen-bond donors (Lipinski definition) is 2. The molecule has 0 spiro atoms. The van der Waals surface area contributed by atoms with Crippen LogP contribution in [0.2, 0.25) is 5.02 Å². The number of halogens is 1. The summed E-state index contributed by atoms with van der Waals surface area (Å²) >= 11 is 6.36. The largest absolute Gasteiger partial charge is 0.497 e. The molecule has 0 aliphatic carbocycles. The maximum atomic E-state index is 13.4. The van der Waals surface area contributed by atoms with Gasteiger partial charge in [-0.25, -0.2) is 0 Å². The van der Waals surface area contributed by atoms with Crippen molar-refractivity contribution < 1.29 is 28.6 Å². The van der Waals surface area contributed by atoms with Crippen LogP contribution in [0.5, 0.6) is 17.2 Å². The van der Waals surface area contributed by atoms with E-state index in [1.165, 1.54) is 7.11 Å². The molecule has 0 saturated carbocycles. The Morgan fingerprint density at radius 3 is 2.76 bits per heavy atom. The van der Waals surface area contributed by atoms with E-state index in [-0.39, 0.29) is 43.4 Å². The number of hydrogen-bond acceptors (Lipinski definition) is 6. The molecule has 2 atom stereocenters. The number of nitrogens with zero attached hydrogens (tertiary/aromatic N) is 1. The van der Waals surface area contributed by atoms with Gasteiger partial charge in [-0.05, 0) is 61.7 Å². The Hall–Kier alpha value is -4.08. The number of amides is 3. The molecule has 9 nitrogen and oxygen atoms in total. The van der Waals surface area contributed by atoms with Crippen LogP contribution in [0.25, 0.3) is 0 Å². The zero-order valence-corrected chi connectivity index (χ0v) is 24.4. The highest BCUT2D eigenvalue weighted by Crippen LogP contribution is 2.29. The van der Waals surface area contributed by atoms with E-state index in [0.717, 1.165) is 11.1 Å². The van der Waals surface area contributed by atoms with Gasteiger partial charge in [-0.15, -0.1) is 0 Å². The van der Waals surface area contributed by atoms with Crippen LogP contribution < -0.4 is 20.1 Å². The van der Waals surface area contributed by atoms with Crippen LogP contribution >= 0.6 is 11.6 Å². The van der Waals surface area contributed by atoms with E-state index in [4.69, 9.17) is 25.8 Å². The van der Waals surface area contributed by atoms with Crippen molar-refractivity contribution in [3.63, 3.8) is 0 Å². The highest BCUT2D eigenvalue weighted by molar-refractivity contribution is 6.33. The van der Waals surface area contributed by atoms with Crippen molar-refractivity contribution in [2.24, 2.45) is 0 Å². The van der Waals surface area contributed by atoms with E-state index in [1.807, 2.05) is 37.3 Å². The molecule has 3 aromatic rings. The van der Waals surface area contributed by atoms with Gasteiger partial charge in [0.25, 0.3) is 11.8 Å². The first-order chi connectivity index (χ1) is 20.3. The first-order valence-corrected chi connectivity index (χ1v) is 14.4. The van der Waals surface area contributed by atoms with Crippen LogP contribution in [0.3, 0.4) is 0 Å². The molecular weight excluding hydrogens is 558 g/mol. The molecule has 3 aromatic carbocycles. The Morgan fingerprint density at radius 2 is 1.93 bits per heavy atom. The van der Waals surface area contributed by atoms with Gasteiger partial charge in [-0.3, -0.25) is 14.4 Å². The Balaban J connectivity index is 1.37. The molecule has 0 unspecified atom stereocenters. The molecule has 2 heterocycles. The molecular formula is C32H34ClN3O6. The molecule has 42 heavy (non-hydrogen) atoms. The fourth-order valence-electron chi connectivity index (χ4n) is 5.18. The number of fused-ring (bicyclic) bond motifs is 5. The van der Waals surface area contributed by atoms with Gasteiger partial charge in [0.05, 0.1) is 36.4 Å². The highest BCUT2D eigenvalue weighted by Gasteiger charge is 2.34. The Labute approximate surface area is 250 Å². The summed E-state index contributed by atoms with van der Waals surface area (Å²) in [7, 11) is 1.53. The van der Waals surface area contributed by atoms with Crippen molar-refractivity contribution in [2.45, 2.75) is 44.9 Å². The zero-order valence-electron chi connectivity index (χ0n) is 23.7. The minimum atomic E-state index is -0.418. The molecule has 2 N–H and O–H groups in total. The number of methoxy groups -OCH3 is 1. The maximum absolute atomic E-state index is 13.4. The minimum Gasteiger partial charge on any atom is -0.497 e. The second-order valence-electron chi connectivity index (χ2n) is 10.6. The van der Waals surface area contributed by atoms with Gasteiger partial charge >= 0.3 is 0 Å². The lowest BCUT2D eigenvalue weighted by molar-refractivity contribution is -0.124. The zero-order chi connectivity index (χ0) is 29.6. The Bertz CT molecular complexity index is 1480. The lowest BCUT2D eigenvalue weighted by Crippen LogP contribution is -2.57. The van der Waals surface area contributed by atoms with Gasteiger partial charge in [0.2, 0.25) is 5.91 Å². The smallest absolute Gasteiger partial charge is 0.255 e. The maximum Gasteiger partial charge on any atom is 0.255 e. The number of carbonyl (C=O) groups excluding carboxylic acids is 3. The van der Waals surface area contributed by atoms with Gasteiger partial charge < -0.3 is 29.7 Å². The fourth-order valence-corrected chi connectivity index (χ4v) is 5.37. The molecule has 0 aromatic heterocycles. The van der Waals surface area contributed by atoms with Crippen LogP contribution in [-0.2, 0) is 16.1 Å². The van der Waals surface area contributed by atoms with Crippen molar-refractivity contribution in [2.75, 3.05) is 26.7 Å². The van der Waals surface area contributed by atoms with Crippen LogP contribution in [0.15, 0.2) is 60.7 Å². The summed E-state index contributed by atoms with van der Waals surface area (Å²) in [5, 5.41) is 6.33. The molecule has 2 aliphatic rings. The van der Waals surface area contributed by atoms with Crippen molar-refractivity contribution in [3.8, 4) is 17.2 Å². The van der Waals surface area contributed by atoms with Crippen molar-refractivity contribution in [1.29, 1.82) is 0 Å². The number of aryl methyl sites for hydroxylation is 1. The summed E-state index contributed by atoms with van der Waals surface area (Å²) in [6.45, 7) is 3.26. The van der Waals surface area contributed by atoms with Gasteiger partial charge in [0, 0.05) is 37.7 Å². The number of piperidine rings is 1. The summed E-state index contributed by atoms with van der Waals surface area (Å²) in [4.78, 5) is 41.0. The predicted octanol–water partition coefficient (Wildman–Crippen LogP) is 4.89. The van der Waals surface area contributed by atoms with Gasteiger partial charge in [0.1, 0.15) is 17.2 Å². The number of carbonyl (C=O) groups is 3. The lowest BCUT2D eigenvalue weighted by Gasteiger charge is -2.39. The number of rotatable bonds is 2. The van der Waals surface area contributed by atoms with Crippen LogP contribution in [-0.4, -0.2) is 61.5 Å². The van der Waals surface area contributed by atoms with Crippen molar-refractivity contribution >= 4 is 29.3 Å². The summed E-state index contributed by atoms with van der Waals surface area (Å²) in [5.41, 5.74) is 2.65. The third-order valence-electron chi connectivity index (χ3n) is 7.38. The summed E-state index contributed by atoms with van der Waals surface area (Å²) in [5.74, 6) is 0.889. The molecule has 10 heteroatoms. The third kappa shape index (κ3) is 7.21. The normalized spacial score (nSPS) is 19.7. The molecule has 1 fully saturated rings. The third-order valence-corrected chi connectivity index (χ3v) is 7.71. The number of nitrogens with one attached hydrogen (secondary N) is 2. The van der Waals surface area contributed by atoms with Crippen LogP contribution in [0.4, 0.5) is 0 Å². The molecule has 0 radical (unpaired) electrons. The van der Waals surface area contributed by atoms with Crippen LogP contribution in [0, 0.1) is 6.92 Å². The summed E-state index contributed by atoms with van der Waals surface area (Å²) in [6.07, 6.45) is 0.874. The highest BCUT2D eigenvalue weighted by atomic mass is 35.5. The van der Waals surface area contributed by atoms with Crippen molar-refractivity contribution in [3.05, 3.63) is 87.9 Å². The van der Waals surface area contributed by atoms with Crippen LogP contribution in [0.1, 0.15) is 51.1 Å². The SMILES string of the molecule is COc1cc2cc(c1)C(=O)NCCCC(=O)N[C@H]1CN(C(=O)c3cc(C)ccc3Cl)CC[C@@H]1OCc1cccc(c1)O2. The lowest BCUT2D eigenvalue weighted by atomic mass is 10.00. The van der Waals surface area contributed by atoms with Gasteiger partial charge in [-0.2, -0.15) is 0 Å². The van der Waals surface area contributed by atoms with E-state index >= 15 is 0 Å². The molecule has 3 amide bonds. The molecule has 4 bridgehead atoms. The minimum absolute atomic E-state index is 0.175. The standard InChI is InChI=1S/C32H34ClN3O6/c1-20-8-9-27(33)26(13-20)32(39)36-12-10-29-28(18-36)35-30(37)7-4-11-34-31(38)22-15-24(40-2)17-25(16-22)42-23-6-3-5-21(14-23)19-41-29/h3,5-6,8-9,13-17,28-29H,4,7,10-12,18-19H2,1-2H3,(H,34,38)(H,35,37)/t28-,29-/m0/s1. The fraction of sp³-hybridized carbons (Fsp3) is 0.344. The van der Waals surface area contributed by atoms with E-state index in [2.05, 4.69) is 10.6 Å². The number of ether oxygens (including phenoxy) is 3.